The molecule has 0 spiro atoms. The lowest BCUT2D eigenvalue weighted by Crippen LogP contribution is -2.46. The minimum absolute atomic E-state index is 0. The fourth-order valence-corrected chi connectivity index (χ4v) is 2.35. The molecule has 1 aromatic carbocycles. The predicted octanol–water partition coefficient (Wildman–Crippen LogP) is 3.37. The molecule has 0 amide bonds. The highest BCUT2D eigenvalue weighted by molar-refractivity contribution is 6.21. The summed E-state index contributed by atoms with van der Waals surface area (Å²) in [5, 5.41) is 0. The average molecular weight is 318 g/mol. The van der Waals surface area contributed by atoms with Gasteiger partial charge >= 0.3 is 0 Å². The van der Waals surface area contributed by atoms with E-state index in [2.05, 4.69) is 29.2 Å². The molecule has 1 atom stereocenters. The molecule has 1 aliphatic heterocycles. The van der Waals surface area contributed by atoms with Gasteiger partial charge in [0.05, 0.1) is 5.50 Å². The van der Waals surface area contributed by atoms with E-state index in [0.717, 1.165) is 26.2 Å². The molecule has 0 aliphatic carbocycles. The summed E-state index contributed by atoms with van der Waals surface area (Å²) < 4.78 is 1.75. The molecule has 1 aliphatic rings. The van der Waals surface area contributed by atoms with Crippen molar-refractivity contribution in [2.24, 2.45) is 0 Å². The van der Waals surface area contributed by atoms with Crippen molar-refractivity contribution in [2.45, 2.75) is 12.0 Å². The Bertz CT molecular complexity index is 310. The fraction of sp³-hybridized carbons (Fsp3) is 0.455. The number of alkyl halides is 1. The molecule has 1 fully saturated rings. The molecule has 1 unspecified atom stereocenters. The Morgan fingerprint density at radius 1 is 1.12 bits per heavy atom. The summed E-state index contributed by atoms with van der Waals surface area (Å²) in [4.78, 5) is 2.25. The van der Waals surface area contributed by atoms with Gasteiger partial charge < -0.3 is 0 Å². The highest BCUT2D eigenvalue weighted by Crippen LogP contribution is 2.17. The molecule has 0 bridgehead atoms. The number of halogens is 4. The molecule has 0 saturated carbocycles. The van der Waals surface area contributed by atoms with Crippen LogP contribution in [0.15, 0.2) is 30.3 Å². The van der Waals surface area contributed by atoms with Gasteiger partial charge in [0.1, 0.15) is 0 Å². The van der Waals surface area contributed by atoms with E-state index in [1.54, 1.807) is 4.42 Å². The predicted molar refractivity (Wildman–Crippen MR) is 78.4 cm³/mol. The van der Waals surface area contributed by atoms with Gasteiger partial charge in [0.25, 0.3) is 0 Å². The first-order valence-electron chi connectivity index (χ1n) is 5.08. The van der Waals surface area contributed by atoms with Crippen molar-refractivity contribution < 1.29 is 0 Å². The summed E-state index contributed by atoms with van der Waals surface area (Å²) >= 11 is 12.1. The topological polar surface area (TPSA) is 6.48 Å². The first-order valence-corrected chi connectivity index (χ1v) is 5.86. The summed E-state index contributed by atoms with van der Waals surface area (Å²) in [7, 11) is 0. The zero-order valence-electron chi connectivity index (χ0n) is 9.26. The molecule has 0 N–H and O–H groups in total. The third-order valence-corrected chi connectivity index (χ3v) is 3.32. The summed E-state index contributed by atoms with van der Waals surface area (Å²) in [6.07, 6.45) is 0. The van der Waals surface area contributed by atoms with Gasteiger partial charge in [-0.25, -0.2) is 4.42 Å². The number of nitrogens with zero attached hydrogens (tertiary/aromatic N) is 2. The van der Waals surface area contributed by atoms with E-state index in [0.29, 0.717) is 0 Å². The largest absolute Gasteiger partial charge is 0.281 e. The van der Waals surface area contributed by atoms with E-state index in [4.69, 9.17) is 23.4 Å². The number of piperazine rings is 1. The zero-order chi connectivity index (χ0) is 10.7. The second kappa shape index (κ2) is 8.41. The normalized spacial score (nSPS) is 21.4. The van der Waals surface area contributed by atoms with E-state index in [1.807, 2.05) is 6.07 Å². The number of hydrogen-bond donors (Lipinski definition) is 0. The maximum atomic E-state index is 6.23. The van der Waals surface area contributed by atoms with E-state index < -0.39 is 0 Å². The molecular formula is C11H16Cl4N2. The lowest BCUT2D eigenvalue weighted by Gasteiger charge is -2.35. The van der Waals surface area contributed by atoms with E-state index in [-0.39, 0.29) is 30.3 Å². The van der Waals surface area contributed by atoms with Crippen LogP contribution in [0.2, 0.25) is 0 Å². The Morgan fingerprint density at radius 2 is 1.76 bits per heavy atom. The van der Waals surface area contributed by atoms with Crippen LogP contribution < -0.4 is 0 Å². The third-order valence-electron chi connectivity index (χ3n) is 2.60. The molecule has 0 radical (unpaired) electrons. The van der Waals surface area contributed by atoms with Crippen LogP contribution in [-0.2, 0) is 6.54 Å². The Morgan fingerprint density at radius 3 is 2.35 bits per heavy atom. The standard InChI is InChI=1S/C11H14Cl2N2.2ClH/c12-11-9-15(13)7-6-14(11)8-10-4-2-1-3-5-10;;/h1-5,11H,6-9H2;2*1H. The SMILES string of the molecule is Cl.Cl.ClC1CN(Cl)CCN1Cc1ccccc1. The van der Waals surface area contributed by atoms with E-state index in [1.165, 1.54) is 5.56 Å². The van der Waals surface area contributed by atoms with E-state index >= 15 is 0 Å². The van der Waals surface area contributed by atoms with Crippen molar-refractivity contribution >= 4 is 48.2 Å². The molecule has 0 aromatic heterocycles. The molecule has 1 heterocycles. The smallest absolute Gasteiger partial charge is 0.0995 e. The zero-order valence-corrected chi connectivity index (χ0v) is 12.4. The molecule has 2 nitrogen and oxygen atoms in total. The second-order valence-corrected chi connectivity index (χ2v) is 4.74. The molecule has 98 valence electrons. The minimum atomic E-state index is 0. The lowest BCUT2D eigenvalue weighted by molar-refractivity contribution is 0.160. The Kier molecular flexibility index (Phi) is 8.56. The number of benzene rings is 1. The summed E-state index contributed by atoms with van der Waals surface area (Å²) in [6, 6.07) is 10.4. The quantitative estimate of drug-likeness (QED) is 0.469. The van der Waals surface area contributed by atoms with Gasteiger partial charge in [-0.2, -0.15) is 0 Å². The van der Waals surface area contributed by atoms with Crippen molar-refractivity contribution in [1.29, 1.82) is 0 Å². The Balaban J connectivity index is 0.00000128. The fourth-order valence-electron chi connectivity index (χ4n) is 1.74. The van der Waals surface area contributed by atoms with Crippen molar-refractivity contribution in [1.82, 2.24) is 9.32 Å². The van der Waals surface area contributed by atoms with Crippen molar-refractivity contribution in [3.05, 3.63) is 35.9 Å². The lowest BCUT2D eigenvalue weighted by atomic mass is 10.2. The van der Waals surface area contributed by atoms with Gasteiger partial charge in [-0.1, -0.05) is 30.3 Å². The van der Waals surface area contributed by atoms with Crippen molar-refractivity contribution in [3.8, 4) is 0 Å². The van der Waals surface area contributed by atoms with Gasteiger partial charge in [-0.05, 0) is 17.3 Å². The van der Waals surface area contributed by atoms with Crippen LogP contribution in [0.1, 0.15) is 5.56 Å². The van der Waals surface area contributed by atoms with Gasteiger partial charge in [0.15, 0.2) is 0 Å². The molecule has 1 aromatic rings. The summed E-state index contributed by atoms with van der Waals surface area (Å²) in [5.74, 6) is 0. The van der Waals surface area contributed by atoms with Crippen LogP contribution in [-0.4, -0.2) is 34.5 Å². The average Bonchev–Trinajstić information content (AvgIpc) is 2.24. The van der Waals surface area contributed by atoms with Crippen LogP contribution in [0.25, 0.3) is 0 Å². The number of rotatable bonds is 2. The Hall–Kier alpha value is 0.300. The first-order chi connectivity index (χ1) is 7.25. The van der Waals surface area contributed by atoms with Crippen LogP contribution in [0.3, 0.4) is 0 Å². The molecule has 6 heteroatoms. The van der Waals surface area contributed by atoms with Crippen LogP contribution in [0.5, 0.6) is 0 Å². The highest BCUT2D eigenvalue weighted by Gasteiger charge is 2.23. The van der Waals surface area contributed by atoms with Gasteiger partial charge in [-0.15, -0.1) is 36.4 Å². The highest BCUT2D eigenvalue weighted by atomic mass is 35.5. The van der Waals surface area contributed by atoms with Crippen LogP contribution in [0.4, 0.5) is 0 Å². The molecule has 17 heavy (non-hydrogen) atoms. The van der Waals surface area contributed by atoms with Crippen LogP contribution >= 0.6 is 48.2 Å². The van der Waals surface area contributed by atoms with Crippen molar-refractivity contribution in [2.75, 3.05) is 19.6 Å². The maximum absolute atomic E-state index is 6.23. The van der Waals surface area contributed by atoms with Crippen LogP contribution in [0, 0.1) is 0 Å². The van der Waals surface area contributed by atoms with Crippen molar-refractivity contribution in [3.63, 3.8) is 0 Å². The molecule has 1 saturated heterocycles. The monoisotopic (exact) mass is 316 g/mol. The second-order valence-electron chi connectivity index (χ2n) is 3.76. The van der Waals surface area contributed by atoms with Gasteiger partial charge in [0.2, 0.25) is 0 Å². The third kappa shape index (κ3) is 5.21. The molecular weight excluding hydrogens is 302 g/mol. The first kappa shape index (κ1) is 17.3. The summed E-state index contributed by atoms with van der Waals surface area (Å²) in [5.41, 5.74) is 1.31. The number of hydrogen-bond acceptors (Lipinski definition) is 2. The van der Waals surface area contributed by atoms with Gasteiger partial charge in [0, 0.05) is 26.2 Å². The minimum Gasteiger partial charge on any atom is -0.281 e. The van der Waals surface area contributed by atoms with E-state index in [9.17, 15) is 0 Å². The Labute approximate surface area is 125 Å². The van der Waals surface area contributed by atoms with Gasteiger partial charge in [-0.3, -0.25) is 4.90 Å². The summed E-state index contributed by atoms with van der Waals surface area (Å²) in [6.45, 7) is 3.42. The maximum Gasteiger partial charge on any atom is 0.0995 e. The molecule has 2 rings (SSSR count).